The molecular weight excluding hydrogens is 176 g/mol. The Kier molecular flexibility index (Phi) is 13.5. The van der Waals surface area contributed by atoms with Gasteiger partial charge in [0.2, 0.25) is 0 Å². The summed E-state index contributed by atoms with van der Waals surface area (Å²) in [4.78, 5) is 0. The summed E-state index contributed by atoms with van der Waals surface area (Å²) in [5, 5.41) is 0. The molecule has 0 aromatic rings. The molecule has 0 aliphatic heterocycles. The summed E-state index contributed by atoms with van der Waals surface area (Å²) >= 11 is 0. The van der Waals surface area contributed by atoms with Crippen LogP contribution in [0.4, 0.5) is 0 Å². The topological polar surface area (TPSA) is 9.23 Å². The van der Waals surface area contributed by atoms with Crippen molar-refractivity contribution in [1.29, 1.82) is 0 Å². The van der Waals surface area contributed by atoms with E-state index in [-0.39, 0.29) is 37.7 Å². The van der Waals surface area contributed by atoms with Gasteiger partial charge in [-0.05, 0) is 24.7 Å². The van der Waals surface area contributed by atoms with E-state index in [1.807, 2.05) is 0 Å². The van der Waals surface area contributed by atoms with Gasteiger partial charge < -0.3 is 4.74 Å². The van der Waals surface area contributed by atoms with Crippen molar-refractivity contribution in [3.8, 4) is 0 Å². The molecule has 0 spiro atoms. The monoisotopic (exact) mass is 200 g/mol. The fourth-order valence-electron chi connectivity index (χ4n) is 0.740. The van der Waals surface area contributed by atoms with Gasteiger partial charge in [0.05, 0.1) is 0 Å². The summed E-state index contributed by atoms with van der Waals surface area (Å²) in [6.45, 7) is 10.8. The average molecular weight is 200 g/mol. The molecule has 72 valence electrons. The van der Waals surface area contributed by atoms with Gasteiger partial charge in [0.25, 0.3) is 0 Å². The Hall–Kier alpha value is 1.22. The molecule has 0 aliphatic rings. The molecule has 0 unspecified atom stereocenters. The van der Waals surface area contributed by atoms with E-state index in [1.54, 1.807) is 0 Å². The summed E-state index contributed by atoms with van der Waals surface area (Å²) in [6, 6.07) is 0. The first-order valence-corrected chi connectivity index (χ1v) is 4.70. The Morgan fingerprint density at radius 1 is 0.833 bits per heavy atom. The van der Waals surface area contributed by atoms with Crippen LogP contribution in [0, 0.1) is 11.8 Å². The van der Waals surface area contributed by atoms with Crippen LogP contribution in [0.1, 0.15) is 40.5 Å². The number of rotatable bonds is 6. The van der Waals surface area contributed by atoms with Crippen LogP contribution in [-0.2, 0) is 4.74 Å². The predicted octanol–water partition coefficient (Wildman–Crippen LogP) is 2.18. The first-order valence-electron chi connectivity index (χ1n) is 4.70. The van der Waals surface area contributed by atoms with Gasteiger partial charge in [-0.3, -0.25) is 0 Å². The molecule has 0 radical (unpaired) electrons. The minimum atomic E-state index is 0. The zero-order valence-electron chi connectivity index (χ0n) is 8.39. The molecule has 0 saturated carbocycles. The summed E-state index contributed by atoms with van der Waals surface area (Å²) in [6.07, 6.45) is 2.39. The second-order valence-corrected chi connectivity index (χ2v) is 3.98. The molecule has 0 amide bonds. The van der Waals surface area contributed by atoms with E-state index in [1.165, 1.54) is 12.8 Å². The van der Waals surface area contributed by atoms with E-state index in [0.29, 0.717) is 0 Å². The van der Waals surface area contributed by atoms with Gasteiger partial charge >= 0.3 is 37.7 Å². The van der Waals surface area contributed by atoms with Crippen LogP contribution in [0.25, 0.3) is 0 Å². The standard InChI is InChI=1S/C10H22O.Ca.2H/c1-9(2)5-7-11-8-6-10(3)4;;;/h9-10H,5-8H2,1-4H3;;;. The van der Waals surface area contributed by atoms with Crippen LogP contribution in [0.5, 0.6) is 0 Å². The van der Waals surface area contributed by atoms with Gasteiger partial charge in [0.1, 0.15) is 0 Å². The van der Waals surface area contributed by atoms with Gasteiger partial charge in [0, 0.05) is 13.2 Å². The Bertz CT molecular complexity index is 71.9. The van der Waals surface area contributed by atoms with E-state index in [4.69, 9.17) is 4.74 Å². The van der Waals surface area contributed by atoms with Crippen LogP contribution < -0.4 is 0 Å². The first kappa shape index (κ1) is 15.7. The van der Waals surface area contributed by atoms with Crippen molar-refractivity contribution in [2.75, 3.05) is 13.2 Å². The van der Waals surface area contributed by atoms with E-state index >= 15 is 0 Å². The fourth-order valence-corrected chi connectivity index (χ4v) is 0.740. The summed E-state index contributed by atoms with van der Waals surface area (Å²) < 4.78 is 5.46. The molecule has 0 aromatic carbocycles. The Morgan fingerprint density at radius 2 is 1.17 bits per heavy atom. The molecule has 1 nitrogen and oxygen atoms in total. The van der Waals surface area contributed by atoms with Crippen LogP contribution in [0.15, 0.2) is 0 Å². The fraction of sp³-hybridized carbons (Fsp3) is 1.00. The zero-order valence-corrected chi connectivity index (χ0v) is 8.39. The third-order valence-corrected chi connectivity index (χ3v) is 1.68. The molecule has 12 heavy (non-hydrogen) atoms. The molecule has 0 N–H and O–H groups in total. The molecule has 2 heteroatoms. The molecule has 0 fully saturated rings. The number of ether oxygens (including phenoxy) is 1. The van der Waals surface area contributed by atoms with E-state index in [2.05, 4.69) is 27.7 Å². The summed E-state index contributed by atoms with van der Waals surface area (Å²) in [7, 11) is 0. The second kappa shape index (κ2) is 10.3. The maximum absolute atomic E-state index is 5.46. The molecule has 0 bridgehead atoms. The van der Waals surface area contributed by atoms with Crippen LogP contribution in [-0.4, -0.2) is 51.0 Å². The van der Waals surface area contributed by atoms with Crippen molar-refractivity contribution in [3.63, 3.8) is 0 Å². The van der Waals surface area contributed by atoms with Crippen molar-refractivity contribution >= 4 is 37.7 Å². The van der Waals surface area contributed by atoms with Crippen molar-refractivity contribution in [2.45, 2.75) is 40.5 Å². The van der Waals surface area contributed by atoms with Crippen LogP contribution >= 0.6 is 0 Å². The van der Waals surface area contributed by atoms with Crippen LogP contribution in [0.3, 0.4) is 0 Å². The van der Waals surface area contributed by atoms with E-state index in [0.717, 1.165) is 25.0 Å². The molecule has 0 heterocycles. The van der Waals surface area contributed by atoms with Gasteiger partial charge in [-0.1, -0.05) is 27.7 Å². The minimum absolute atomic E-state index is 0. The predicted molar refractivity (Wildman–Crippen MR) is 58.3 cm³/mol. The quantitative estimate of drug-likeness (QED) is 0.472. The summed E-state index contributed by atoms with van der Waals surface area (Å²) in [5.41, 5.74) is 0. The van der Waals surface area contributed by atoms with Gasteiger partial charge in [0.15, 0.2) is 0 Å². The molecule has 0 saturated heterocycles. The molecule has 0 aromatic heterocycles. The Balaban J connectivity index is 0. The third-order valence-electron chi connectivity index (χ3n) is 1.68. The SMILES string of the molecule is CC(C)CCOCCC(C)C.[CaH2]. The average Bonchev–Trinajstić information content (AvgIpc) is 1.85. The molecule has 0 aliphatic carbocycles. The zero-order chi connectivity index (χ0) is 8.69. The Morgan fingerprint density at radius 3 is 1.42 bits per heavy atom. The van der Waals surface area contributed by atoms with Gasteiger partial charge in [-0.25, -0.2) is 0 Å². The van der Waals surface area contributed by atoms with Crippen molar-refractivity contribution in [1.82, 2.24) is 0 Å². The number of hydrogen-bond donors (Lipinski definition) is 0. The van der Waals surface area contributed by atoms with E-state index < -0.39 is 0 Å². The van der Waals surface area contributed by atoms with Crippen LogP contribution in [0.2, 0.25) is 0 Å². The summed E-state index contributed by atoms with van der Waals surface area (Å²) in [5.74, 6) is 1.54. The maximum atomic E-state index is 5.46. The third kappa shape index (κ3) is 13.8. The molecular formula is C10H24CaO. The van der Waals surface area contributed by atoms with E-state index in [9.17, 15) is 0 Å². The van der Waals surface area contributed by atoms with Gasteiger partial charge in [-0.2, -0.15) is 0 Å². The first-order chi connectivity index (χ1) is 5.13. The van der Waals surface area contributed by atoms with Crippen molar-refractivity contribution < 1.29 is 4.74 Å². The Labute approximate surface area is 107 Å². The van der Waals surface area contributed by atoms with Crippen molar-refractivity contribution in [3.05, 3.63) is 0 Å². The molecule has 0 rings (SSSR count). The van der Waals surface area contributed by atoms with Crippen molar-refractivity contribution in [2.24, 2.45) is 11.8 Å². The molecule has 0 atom stereocenters. The normalized spacial score (nSPS) is 10.5. The van der Waals surface area contributed by atoms with Gasteiger partial charge in [-0.15, -0.1) is 0 Å². The number of hydrogen-bond acceptors (Lipinski definition) is 1. The second-order valence-electron chi connectivity index (χ2n) is 3.98.